The van der Waals surface area contributed by atoms with Crippen molar-refractivity contribution in [2.75, 3.05) is 0 Å². The van der Waals surface area contributed by atoms with Crippen LogP contribution in [0.25, 0.3) is 0 Å². The molecule has 0 fully saturated rings. The third-order valence-corrected chi connectivity index (χ3v) is 2.32. The Balaban J connectivity index is 2.51. The van der Waals surface area contributed by atoms with E-state index in [9.17, 15) is 0 Å². The largest absolute Gasteiger partial charge is 0.326 e. The van der Waals surface area contributed by atoms with Gasteiger partial charge in [0, 0.05) is 12.1 Å². The van der Waals surface area contributed by atoms with Crippen molar-refractivity contribution in [2.45, 2.75) is 44.7 Å². The van der Waals surface area contributed by atoms with Gasteiger partial charge in [-0.3, -0.25) is 0 Å². The van der Waals surface area contributed by atoms with Gasteiger partial charge in [-0.05, 0) is 32.6 Å². The molecule has 0 aromatic rings. The minimum Gasteiger partial charge on any atom is -0.326 e. The smallest absolute Gasteiger partial charge is 0.0405 e. The highest BCUT2D eigenvalue weighted by Gasteiger charge is 2.14. The fourth-order valence-electron chi connectivity index (χ4n) is 1.50. The molecule has 0 amide bonds. The number of nitrogens with two attached hydrogens (primary N) is 2. The first-order valence-corrected chi connectivity index (χ1v) is 4.42. The van der Waals surface area contributed by atoms with Crippen LogP contribution in [0.1, 0.15) is 32.6 Å². The second kappa shape index (κ2) is 3.88. The Labute approximate surface area is 68.6 Å². The Bertz CT molecular complexity index is 150. The molecule has 1 aliphatic carbocycles. The molecule has 64 valence electrons. The molecule has 0 bridgehead atoms. The summed E-state index contributed by atoms with van der Waals surface area (Å²) in [5, 5.41) is 0. The number of rotatable bonds is 2. The molecule has 2 nitrogen and oxygen atoms in total. The second-order valence-corrected chi connectivity index (χ2v) is 3.41. The topological polar surface area (TPSA) is 52.0 Å². The molecule has 0 aromatic heterocycles. The number of allylic oxidation sites excluding steroid dienone is 1. The van der Waals surface area contributed by atoms with E-state index in [1.165, 1.54) is 24.8 Å². The molecule has 2 unspecified atom stereocenters. The lowest BCUT2D eigenvalue weighted by molar-refractivity contribution is 0.569. The minimum atomic E-state index is 0.0929. The van der Waals surface area contributed by atoms with Crippen LogP contribution in [0, 0.1) is 0 Å². The van der Waals surface area contributed by atoms with E-state index in [-0.39, 0.29) is 12.1 Å². The molecule has 2 heteroatoms. The van der Waals surface area contributed by atoms with Gasteiger partial charge in [0.25, 0.3) is 0 Å². The first-order valence-electron chi connectivity index (χ1n) is 4.42. The van der Waals surface area contributed by atoms with Gasteiger partial charge in [-0.1, -0.05) is 11.6 Å². The first kappa shape index (κ1) is 8.75. The van der Waals surface area contributed by atoms with Gasteiger partial charge in [0.2, 0.25) is 0 Å². The number of hydrogen-bond acceptors (Lipinski definition) is 2. The quantitative estimate of drug-likeness (QED) is 0.586. The van der Waals surface area contributed by atoms with Crippen LogP contribution in [-0.4, -0.2) is 12.1 Å². The van der Waals surface area contributed by atoms with Crippen LogP contribution < -0.4 is 11.5 Å². The Morgan fingerprint density at radius 1 is 1.36 bits per heavy atom. The second-order valence-electron chi connectivity index (χ2n) is 3.41. The Morgan fingerprint density at radius 3 is 2.55 bits per heavy atom. The predicted molar refractivity (Wildman–Crippen MR) is 48.2 cm³/mol. The zero-order valence-electron chi connectivity index (χ0n) is 7.22. The van der Waals surface area contributed by atoms with Crippen LogP contribution in [0.4, 0.5) is 0 Å². The summed E-state index contributed by atoms with van der Waals surface area (Å²) in [6, 6.07) is 0.189. The highest BCUT2D eigenvalue weighted by Crippen LogP contribution is 2.20. The maximum atomic E-state index is 5.90. The summed E-state index contributed by atoms with van der Waals surface area (Å²) in [6.07, 6.45) is 7.21. The average Bonchev–Trinajstić information content (AvgIpc) is 2.05. The van der Waals surface area contributed by atoms with Crippen molar-refractivity contribution in [2.24, 2.45) is 11.5 Å². The van der Waals surface area contributed by atoms with Gasteiger partial charge < -0.3 is 11.5 Å². The van der Waals surface area contributed by atoms with Gasteiger partial charge in [-0.25, -0.2) is 0 Å². The van der Waals surface area contributed by atoms with Gasteiger partial charge in [-0.2, -0.15) is 0 Å². The third kappa shape index (κ3) is 2.31. The Morgan fingerprint density at radius 2 is 2.09 bits per heavy atom. The SMILES string of the molecule is CC(N)C(N)C1=CCCCC1. The van der Waals surface area contributed by atoms with E-state index in [1.807, 2.05) is 6.92 Å². The van der Waals surface area contributed by atoms with Crippen molar-refractivity contribution in [1.29, 1.82) is 0 Å². The molecule has 0 saturated carbocycles. The standard InChI is InChI=1S/C9H18N2/c1-7(10)9(11)8-5-3-2-4-6-8/h5,7,9H,2-4,6,10-11H2,1H3. The normalized spacial score (nSPS) is 24.1. The monoisotopic (exact) mass is 154 g/mol. The van der Waals surface area contributed by atoms with Crippen molar-refractivity contribution in [3.05, 3.63) is 11.6 Å². The predicted octanol–water partition coefficient (Wildman–Crippen LogP) is 1.16. The van der Waals surface area contributed by atoms with E-state index >= 15 is 0 Å². The van der Waals surface area contributed by atoms with Crippen LogP contribution in [0.2, 0.25) is 0 Å². The summed E-state index contributed by atoms with van der Waals surface area (Å²) in [6.45, 7) is 1.97. The van der Waals surface area contributed by atoms with Gasteiger partial charge in [0.1, 0.15) is 0 Å². The third-order valence-electron chi connectivity index (χ3n) is 2.32. The lowest BCUT2D eigenvalue weighted by Gasteiger charge is -2.22. The summed E-state index contributed by atoms with van der Waals surface area (Å²) in [5.41, 5.74) is 13.0. The van der Waals surface area contributed by atoms with E-state index in [4.69, 9.17) is 11.5 Å². The Kier molecular flexibility index (Phi) is 3.09. The zero-order chi connectivity index (χ0) is 8.27. The highest BCUT2D eigenvalue weighted by atomic mass is 14.8. The van der Waals surface area contributed by atoms with E-state index in [1.54, 1.807) is 0 Å². The highest BCUT2D eigenvalue weighted by molar-refractivity contribution is 5.14. The van der Waals surface area contributed by atoms with E-state index in [0.29, 0.717) is 0 Å². The summed E-state index contributed by atoms with van der Waals surface area (Å²) in [4.78, 5) is 0. The molecule has 0 spiro atoms. The van der Waals surface area contributed by atoms with Gasteiger partial charge >= 0.3 is 0 Å². The molecule has 4 N–H and O–H groups in total. The Hall–Kier alpha value is -0.340. The fraction of sp³-hybridized carbons (Fsp3) is 0.778. The average molecular weight is 154 g/mol. The van der Waals surface area contributed by atoms with E-state index in [2.05, 4.69) is 6.08 Å². The van der Waals surface area contributed by atoms with Gasteiger partial charge in [0.05, 0.1) is 0 Å². The van der Waals surface area contributed by atoms with Crippen molar-refractivity contribution >= 4 is 0 Å². The summed E-state index contributed by atoms with van der Waals surface area (Å²) in [7, 11) is 0. The maximum absolute atomic E-state index is 5.90. The molecular formula is C9H18N2. The molecule has 0 saturated heterocycles. The van der Waals surface area contributed by atoms with E-state index in [0.717, 1.165) is 6.42 Å². The minimum absolute atomic E-state index is 0.0929. The molecule has 0 aromatic carbocycles. The lowest BCUT2D eigenvalue weighted by atomic mass is 9.91. The summed E-state index contributed by atoms with van der Waals surface area (Å²) < 4.78 is 0. The van der Waals surface area contributed by atoms with Crippen LogP contribution in [-0.2, 0) is 0 Å². The van der Waals surface area contributed by atoms with Gasteiger partial charge in [0.15, 0.2) is 0 Å². The summed E-state index contributed by atoms with van der Waals surface area (Å²) >= 11 is 0. The molecule has 0 aliphatic heterocycles. The van der Waals surface area contributed by atoms with Crippen LogP contribution in [0.5, 0.6) is 0 Å². The molecule has 0 radical (unpaired) electrons. The molecular weight excluding hydrogens is 136 g/mol. The maximum Gasteiger partial charge on any atom is 0.0405 e. The van der Waals surface area contributed by atoms with E-state index < -0.39 is 0 Å². The van der Waals surface area contributed by atoms with Crippen molar-refractivity contribution in [3.63, 3.8) is 0 Å². The first-order chi connectivity index (χ1) is 5.22. The number of hydrogen-bond donors (Lipinski definition) is 2. The molecule has 1 aliphatic rings. The summed E-state index contributed by atoms with van der Waals surface area (Å²) in [5.74, 6) is 0. The van der Waals surface area contributed by atoms with Crippen molar-refractivity contribution in [1.82, 2.24) is 0 Å². The van der Waals surface area contributed by atoms with Crippen LogP contribution in [0.15, 0.2) is 11.6 Å². The van der Waals surface area contributed by atoms with Crippen LogP contribution in [0.3, 0.4) is 0 Å². The molecule has 2 atom stereocenters. The van der Waals surface area contributed by atoms with Gasteiger partial charge in [-0.15, -0.1) is 0 Å². The van der Waals surface area contributed by atoms with Crippen molar-refractivity contribution < 1.29 is 0 Å². The van der Waals surface area contributed by atoms with Crippen molar-refractivity contribution in [3.8, 4) is 0 Å². The lowest BCUT2D eigenvalue weighted by Crippen LogP contribution is -2.40. The molecule has 1 rings (SSSR count). The molecule has 0 heterocycles. The zero-order valence-corrected chi connectivity index (χ0v) is 7.22. The molecule has 11 heavy (non-hydrogen) atoms. The van der Waals surface area contributed by atoms with Crippen LogP contribution >= 0.6 is 0 Å². The fourth-order valence-corrected chi connectivity index (χ4v) is 1.50.